The van der Waals surface area contributed by atoms with E-state index < -0.39 is 22.9 Å². The third kappa shape index (κ3) is 2.92. The number of benzene rings is 1. The Bertz CT molecular complexity index is 932. The molecule has 25 heavy (non-hydrogen) atoms. The summed E-state index contributed by atoms with van der Waals surface area (Å²) in [5.41, 5.74) is -0.805. The van der Waals surface area contributed by atoms with Gasteiger partial charge in [0, 0.05) is 40.2 Å². The molecule has 3 rings (SSSR count). The van der Waals surface area contributed by atoms with Crippen molar-refractivity contribution in [3.63, 3.8) is 0 Å². The van der Waals surface area contributed by atoms with E-state index >= 15 is 0 Å². The lowest BCUT2D eigenvalue weighted by Gasteiger charge is -2.35. The summed E-state index contributed by atoms with van der Waals surface area (Å²) < 4.78 is 15.8. The molecule has 9 heteroatoms. The lowest BCUT2D eigenvalue weighted by molar-refractivity contribution is -0.129. The van der Waals surface area contributed by atoms with Gasteiger partial charge in [0.2, 0.25) is 17.0 Å². The minimum absolute atomic E-state index is 0.0218. The average Bonchev–Trinajstić information content (AvgIpc) is 2.57. The number of carboxylic acids is 1. The Morgan fingerprint density at radius 2 is 1.84 bits per heavy atom. The van der Waals surface area contributed by atoms with Crippen LogP contribution in [0.15, 0.2) is 16.9 Å². The number of carbonyl (C=O) groups is 2. The summed E-state index contributed by atoms with van der Waals surface area (Å²) in [6.45, 7) is 3.41. The number of halogens is 1. The molecule has 1 saturated heterocycles. The number of aromatic carboxylic acids is 1. The van der Waals surface area contributed by atoms with Crippen molar-refractivity contribution in [1.29, 1.82) is 0 Å². The highest BCUT2D eigenvalue weighted by molar-refractivity contribution is 5.91. The van der Waals surface area contributed by atoms with E-state index in [2.05, 4.69) is 5.10 Å². The number of aromatic nitrogens is 2. The van der Waals surface area contributed by atoms with Gasteiger partial charge in [0.15, 0.2) is 0 Å². The largest absolute Gasteiger partial charge is 0.476 e. The van der Waals surface area contributed by atoms with Gasteiger partial charge in [0.25, 0.3) is 0 Å². The summed E-state index contributed by atoms with van der Waals surface area (Å²) in [7, 11) is 1.50. The van der Waals surface area contributed by atoms with E-state index in [1.165, 1.54) is 24.7 Å². The van der Waals surface area contributed by atoms with Crippen LogP contribution in [0.2, 0.25) is 0 Å². The maximum atomic E-state index is 14.6. The first-order valence-electron chi connectivity index (χ1n) is 7.74. The molecule has 1 aliphatic rings. The molecule has 0 radical (unpaired) electrons. The minimum atomic E-state index is -1.45. The van der Waals surface area contributed by atoms with Crippen LogP contribution < -0.4 is 10.3 Å². The maximum Gasteiger partial charge on any atom is 0.360 e. The number of rotatable bonds is 2. The summed E-state index contributed by atoms with van der Waals surface area (Å²) in [5, 5.41) is 12.8. The fraction of sp³-hybridized carbons (Fsp3) is 0.375. The van der Waals surface area contributed by atoms with Crippen molar-refractivity contribution in [1.82, 2.24) is 14.7 Å². The molecule has 0 bridgehead atoms. The van der Waals surface area contributed by atoms with Gasteiger partial charge >= 0.3 is 5.97 Å². The number of piperazine rings is 1. The van der Waals surface area contributed by atoms with Crippen molar-refractivity contribution >= 4 is 28.5 Å². The van der Waals surface area contributed by atoms with Crippen LogP contribution in [0.3, 0.4) is 0 Å². The fourth-order valence-electron chi connectivity index (χ4n) is 3.02. The third-order valence-electron chi connectivity index (χ3n) is 4.39. The Labute approximate surface area is 142 Å². The summed E-state index contributed by atoms with van der Waals surface area (Å²) in [4.78, 5) is 38.2. The Morgan fingerprint density at radius 1 is 1.20 bits per heavy atom. The van der Waals surface area contributed by atoms with Gasteiger partial charge in [-0.3, -0.25) is 14.3 Å². The zero-order valence-corrected chi connectivity index (χ0v) is 13.8. The van der Waals surface area contributed by atoms with Crippen molar-refractivity contribution in [2.24, 2.45) is 7.05 Å². The number of hydrogen-bond donors (Lipinski definition) is 1. The molecule has 1 fully saturated rings. The van der Waals surface area contributed by atoms with Crippen molar-refractivity contribution in [2.45, 2.75) is 6.92 Å². The average molecular weight is 348 g/mol. The Kier molecular flexibility index (Phi) is 4.15. The highest BCUT2D eigenvalue weighted by Gasteiger charge is 2.23. The molecule has 1 aromatic heterocycles. The van der Waals surface area contributed by atoms with E-state index in [9.17, 15) is 18.8 Å². The number of aryl methyl sites for hydroxylation is 1. The lowest BCUT2D eigenvalue weighted by Crippen LogP contribution is -2.48. The van der Waals surface area contributed by atoms with Gasteiger partial charge in [0.05, 0.1) is 16.6 Å². The topological polar surface area (TPSA) is 95.7 Å². The second-order valence-corrected chi connectivity index (χ2v) is 5.92. The molecule has 1 amide bonds. The van der Waals surface area contributed by atoms with Crippen molar-refractivity contribution < 1.29 is 19.1 Å². The number of carboxylic acid groups (broad SMARTS) is 1. The zero-order valence-electron chi connectivity index (χ0n) is 13.8. The van der Waals surface area contributed by atoms with Crippen LogP contribution in [0.4, 0.5) is 10.1 Å². The molecule has 2 heterocycles. The summed E-state index contributed by atoms with van der Waals surface area (Å²) >= 11 is 0. The predicted octanol–water partition coefficient (Wildman–Crippen LogP) is 0.439. The monoisotopic (exact) mass is 348 g/mol. The van der Waals surface area contributed by atoms with Crippen LogP contribution >= 0.6 is 0 Å². The van der Waals surface area contributed by atoms with Gasteiger partial charge in [-0.25, -0.2) is 9.18 Å². The van der Waals surface area contributed by atoms with Crippen LogP contribution in [0.5, 0.6) is 0 Å². The van der Waals surface area contributed by atoms with E-state index in [4.69, 9.17) is 5.11 Å². The second kappa shape index (κ2) is 6.15. The fourth-order valence-corrected chi connectivity index (χ4v) is 3.02. The molecule has 1 aromatic carbocycles. The number of amides is 1. The van der Waals surface area contributed by atoms with Crippen molar-refractivity contribution in [2.75, 3.05) is 31.1 Å². The molecule has 1 N–H and O–H groups in total. The van der Waals surface area contributed by atoms with Crippen LogP contribution in [-0.4, -0.2) is 57.8 Å². The van der Waals surface area contributed by atoms with Gasteiger partial charge in [-0.05, 0) is 12.1 Å². The van der Waals surface area contributed by atoms with Crippen LogP contribution in [-0.2, 0) is 11.8 Å². The molecule has 0 aliphatic carbocycles. The normalized spacial score (nSPS) is 14.8. The maximum absolute atomic E-state index is 14.6. The van der Waals surface area contributed by atoms with E-state index in [-0.39, 0.29) is 11.3 Å². The molecule has 132 valence electrons. The molecule has 0 unspecified atom stereocenters. The van der Waals surface area contributed by atoms with Crippen molar-refractivity contribution in [3.05, 3.63) is 33.9 Å². The first-order valence-corrected chi connectivity index (χ1v) is 7.74. The van der Waals surface area contributed by atoms with Crippen LogP contribution in [0.25, 0.3) is 10.9 Å². The molecule has 0 spiro atoms. The SMILES string of the molecule is CC(=O)N1CCN(c2cc3c(cc2F)c(=O)c(C(=O)O)nn3C)CC1. The first-order chi connectivity index (χ1) is 11.8. The van der Waals surface area contributed by atoms with E-state index in [1.807, 2.05) is 0 Å². The zero-order chi connectivity index (χ0) is 18.3. The number of carbonyl (C=O) groups excluding carboxylic acids is 1. The van der Waals surface area contributed by atoms with E-state index in [0.29, 0.717) is 37.4 Å². The minimum Gasteiger partial charge on any atom is -0.476 e. The summed E-state index contributed by atoms with van der Waals surface area (Å²) in [6, 6.07) is 2.55. The third-order valence-corrected chi connectivity index (χ3v) is 4.39. The molecule has 0 atom stereocenters. The Balaban J connectivity index is 2.05. The Hall–Kier alpha value is -2.97. The van der Waals surface area contributed by atoms with Gasteiger partial charge < -0.3 is 14.9 Å². The molecular weight excluding hydrogens is 331 g/mol. The molecular formula is C16H17FN4O4. The Morgan fingerprint density at radius 3 is 2.40 bits per heavy atom. The molecule has 2 aromatic rings. The van der Waals surface area contributed by atoms with Gasteiger partial charge in [-0.1, -0.05) is 0 Å². The van der Waals surface area contributed by atoms with Gasteiger partial charge in [0.1, 0.15) is 5.82 Å². The second-order valence-electron chi connectivity index (χ2n) is 5.92. The lowest BCUT2D eigenvalue weighted by atomic mass is 10.1. The van der Waals surface area contributed by atoms with E-state index in [1.54, 1.807) is 9.80 Å². The molecule has 8 nitrogen and oxygen atoms in total. The predicted molar refractivity (Wildman–Crippen MR) is 88.4 cm³/mol. The van der Waals surface area contributed by atoms with Gasteiger partial charge in [-0.15, -0.1) is 0 Å². The van der Waals surface area contributed by atoms with E-state index in [0.717, 1.165) is 6.07 Å². The summed E-state index contributed by atoms with van der Waals surface area (Å²) in [6.07, 6.45) is 0. The standard InChI is InChI=1S/C16H17FN4O4/c1-9(22)20-3-5-21(6-4-20)13-8-12-10(7-11(13)17)15(23)14(16(24)25)18-19(12)2/h7-8H,3-6H2,1-2H3,(H,24,25). The van der Waals surface area contributed by atoms with Crippen molar-refractivity contribution in [3.8, 4) is 0 Å². The number of anilines is 1. The molecule has 1 aliphatic heterocycles. The smallest absolute Gasteiger partial charge is 0.360 e. The quantitative estimate of drug-likeness (QED) is 0.846. The summed E-state index contributed by atoms with van der Waals surface area (Å²) in [5.74, 6) is -2.08. The van der Waals surface area contributed by atoms with Crippen LogP contribution in [0.1, 0.15) is 17.4 Å². The molecule has 0 saturated carbocycles. The van der Waals surface area contributed by atoms with Gasteiger partial charge in [-0.2, -0.15) is 5.10 Å². The van der Waals surface area contributed by atoms with Crippen LogP contribution in [0, 0.1) is 5.82 Å². The highest BCUT2D eigenvalue weighted by atomic mass is 19.1. The first kappa shape index (κ1) is 16.9. The number of fused-ring (bicyclic) bond motifs is 1. The number of nitrogens with zero attached hydrogens (tertiary/aromatic N) is 4. The number of hydrogen-bond acceptors (Lipinski definition) is 5. The highest BCUT2D eigenvalue weighted by Crippen LogP contribution is 2.25.